The van der Waals surface area contributed by atoms with Crippen LogP contribution < -0.4 is 5.32 Å². The van der Waals surface area contributed by atoms with Gasteiger partial charge in [0.2, 0.25) is 0 Å². The number of rotatable bonds is 4. The topological polar surface area (TPSA) is 29.9 Å². The predicted molar refractivity (Wildman–Crippen MR) is 78.0 cm³/mol. The average Bonchev–Trinajstić information content (AvgIpc) is 2.97. The van der Waals surface area contributed by atoms with Crippen molar-refractivity contribution < 1.29 is 0 Å². The molecule has 0 aliphatic carbocycles. The van der Waals surface area contributed by atoms with E-state index in [1.54, 1.807) is 0 Å². The van der Waals surface area contributed by atoms with Crippen LogP contribution in [0.3, 0.4) is 0 Å². The summed E-state index contributed by atoms with van der Waals surface area (Å²) in [5.41, 5.74) is 1.32. The summed E-state index contributed by atoms with van der Waals surface area (Å²) >= 11 is 0. The average molecular weight is 251 g/mol. The molecule has 2 aromatic carbocycles. The zero-order chi connectivity index (χ0) is 13.1. The van der Waals surface area contributed by atoms with Gasteiger partial charge in [-0.15, -0.1) is 0 Å². The molecule has 0 fully saturated rings. The molecule has 3 heteroatoms. The summed E-state index contributed by atoms with van der Waals surface area (Å²) in [5, 5.41) is 10.3. The first-order valence-electron chi connectivity index (χ1n) is 6.51. The summed E-state index contributed by atoms with van der Waals surface area (Å²) in [4.78, 5) is 0. The van der Waals surface area contributed by atoms with Gasteiger partial charge in [-0.3, -0.25) is 4.68 Å². The first-order valence-corrected chi connectivity index (χ1v) is 6.51. The van der Waals surface area contributed by atoms with Crippen LogP contribution in [0.1, 0.15) is 11.6 Å². The monoisotopic (exact) mass is 251 g/mol. The lowest BCUT2D eigenvalue weighted by molar-refractivity contribution is 0.471. The minimum Gasteiger partial charge on any atom is -0.311 e. The third-order valence-electron chi connectivity index (χ3n) is 3.48. The molecular formula is C16H17N3. The van der Waals surface area contributed by atoms with Crippen molar-refractivity contribution in [2.45, 2.75) is 12.6 Å². The van der Waals surface area contributed by atoms with E-state index in [-0.39, 0.29) is 6.04 Å². The quantitative estimate of drug-likeness (QED) is 0.772. The summed E-state index contributed by atoms with van der Waals surface area (Å²) in [6.07, 6.45) is 3.81. The lowest BCUT2D eigenvalue weighted by atomic mass is 9.99. The maximum atomic E-state index is 4.29. The highest BCUT2D eigenvalue weighted by molar-refractivity contribution is 5.86. The fourth-order valence-corrected chi connectivity index (χ4v) is 2.49. The van der Waals surface area contributed by atoms with E-state index in [1.165, 1.54) is 16.3 Å². The molecule has 0 saturated carbocycles. The Morgan fingerprint density at radius 1 is 1.11 bits per heavy atom. The standard InChI is InChI=1S/C16H17N3/c1-17-16(12-19-11-5-10-18-19)15-9-4-7-13-6-2-3-8-14(13)15/h2-11,16-17H,12H2,1H3. The molecule has 1 heterocycles. The third kappa shape index (κ3) is 2.37. The third-order valence-corrected chi connectivity index (χ3v) is 3.48. The fourth-order valence-electron chi connectivity index (χ4n) is 2.49. The van der Waals surface area contributed by atoms with Crippen LogP contribution in [0.25, 0.3) is 10.8 Å². The van der Waals surface area contributed by atoms with Crippen LogP contribution in [-0.4, -0.2) is 16.8 Å². The SMILES string of the molecule is CNC(Cn1cccn1)c1cccc2ccccc12. The summed E-state index contributed by atoms with van der Waals surface area (Å²) in [7, 11) is 2.00. The van der Waals surface area contributed by atoms with E-state index in [4.69, 9.17) is 0 Å². The predicted octanol–water partition coefficient (Wildman–Crippen LogP) is 3.00. The van der Waals surface area contributed by atoms with Gasteiger partial charge in [0.25, 0.3) is 0 Å². The normalized spacial score (nSPS) is 12.7. The molecule has 96 valence electrons. The zero-order valence-corrected chi connectivity index (χ0v) is 11.0. The summed E-state index contributed by atoms with van der Waals surface area (Å²) < 4.78 is 1.96. The van der Waals surface area contributed by atoms with Gasteiger partial charge in [0.15, 0.2) is 0 Å². The van der Waals surface area contributed by atoms with Gasteiger partial charge in [0.05, 0.1) is 12.6 Å². The van der Waals surface area contributed by atoms with Crippen molar-refractivity contribution in [3.63, 3.8) is 0 Å². The molecule has 0 saturated heterocycles. The molecule has 1 N–H and O–H groups in total. The molecule has 0 aliphatic rings. The van der Waals surface area contributed by atoms with Crippen LogP contribution in [0, 0.1) is 0 Å². The lowest BCUT2D eigenvalue weighted by Crippen LogP contribution is -2.22. The van der Waals surface area contributed by atoms with E-state index >= 15 is 0 Å². The molecule has 1 aromatic heterocycles. The van der Waals surface area contributed by atoms with E-state index in [2.05, 4.69) is 52.9 Å². The number of hydrogen-bond acceptors (Lipinski definition) is 2. The molecule has 3 aromatic rings. The smallest absolute Gasteiger partial charge is 0.0604 e. The van der Waals surface area contributed by atoms with E-state index in [0.717, 1.165) is 6.54 Å². The van der Waals surface area contributed by atoms with Crippen molar-refractivity contribution in [3.05, 3.63) is 66.5 Å². The van der Waals surface area contributed by atoms with Crippen LogP contribution in [0.5, 0.6) is 0 Å². The second-order valence-electron chi connectivity index (χ2n) is 4.64. The van der Waals surface area contributed by atoms with Crippen LogP contribution in [0.15, 0.2) is 60.9 Å². The van der Waals surface area contributed by atoms with Gasteiger partial charge >= 0.3 is 0 Å². The Labute approximate surface area is 112 Å². The van der Waals surface area contributed by atoms with Crippen molar-refractivity contribution in [2.24, 2.45) is 0 Å². The highest BCUT2D eigenvalue weighted by atomic mass is 15.3. The van der Waals surface area contributed by atoms with Crippen LogP contribution in [0.4, 0.5) is 0 Å². The summed E-state index contributed by atoms with van der Waals surface area (Å²) in [5.74, 6) is 0. The Bertz CT molecular complexity index is 653. The van der Waals surface area contributed by atoms with Crippen LogP contribution in [-0.2, 0) is 6.54 Å². The largest absolute Gasteiger partial charge is 0.311 e. The molecule has 0 spiro atoms. The van der Waals surface area contributed by atoms with Gasteiger partial charge in [-0.25, -0.2) is 0 Å². The van der Waals surface area contributed by atoms with Crippen molar-refractivity contribution in [2.75, 3.05) is 7.05 Å². The molecule has 1 atom stereocenters. The maximum absolute atomic E-state index is 4.29. The Morgan fingerprint density at radius 3 is 2.74 bits per heavy atom. The van der Waals surface area contributed by atoms with Crippen molar-refractivity contribution >= 4 is 10.8 Å². The molecule has 3 nitrogen and oxygen atoms in total. The molecule has 19 heavy (non-hydrogen) atoms. The van der Waals surface area contributed by atoms with E-state index in [1.807, 2.05) is 30.2 Å². The number of fused-ring (bicyclic) bond motifs is 1. The van der Waals surface area contributed by atoms with Crippen molar-refractivity contribution in [1.29, 1.82) is 0 Å². The van der Waals surface area contributed by atoms with Gasteiger partial charge in [-0.1, -0.05) is 42.5 Å². The first kappa shape index (κ1) is 11.9. The molecule has 1 unspecified atom stereocenters. The van der Waals surface area contributed by atoms with Crippen molar-refractivity contribution in [1.82, 2.24) is 15.1 Å². The zero-order valence-electron chi connectivity index (χ0n) is 11.0. The summed E-state index contributed by atoms with van der Waals surface area (Å²) in [6.45, 7) is 0.831. The molecule has 3 rings (SSSR count). The molecule has 0 aliphatic heterocycles. The Morgan fingerprint density at radius 2 is 1.95 bits per heavy atom. The molecule has 0 radical (unpaired) electrons. The highest BCUT2D eigenvalue weighted by Gasteiger charge is 2.12. The molecular weight excluding hydrogens is 234 g/mol. The fraction of sp³-hybridized carbons (Fsp3) is 0.188. The maximum Gasteiger partial charge on any atom is 0.0604 e. The molecule has 0 amide bonds. The van der Waals surface area contributed by atoms with E-state index in [9.17, 15) is 0 Å². The second-order valence-corrected chi connectivity index (χ2v) is 4.64. The number of hydrogen-bond donors (Lipinski definition) is 1. The number of likely N-dealkylation sites (N-methyl/N-ethyl adjacent to an activating group) is 1. The Balaban J connectivity index is 2.01. The van der Waals surface area contributed by atoms with Gasteiger partial charge in [0.1, 0.15) is 0 Å². The Kier molecular flexibility index (Phi) is 3.29. The number of benzene rings is 2. The van der Waals surface area contributed by atoms with Crippen LogP contribution >= 0.6 is 0 Å². The van der Waals surface area contributed by atoms with Gasteiger partial charge in [-0.2, -0.15) is 5.10 Å². The van der Waals surface area contributed by atoms with Gasteiger partial charge in [0, 0.05) is 12.4 Å². The van der Waals surface area contributed by atoms with Crippen LogP contribution in [0.2, 0.25) is 0 Å². The van der Waals surface area contributed by atoms with E-state index < -0.39 is 0 Å². The number of nitrogens with one attached hydrogen (secondary N) is 1. The van der Waals surface area contributed by atoms with Gasteiger partial charge < -0.3 is 5.32 Å². The van der Waals surface area contributed by atoms with Gasteiger partial charge in [-0.05, 0) is 29.4 Å². The lowest BCUT2D eigenvalue weighted by Gasteiger charge is -2.18. The minimum atomic E-state index is 0.256. The summed E-state index contributed by atoms with van der Waals surface area (Å²) in [6, 6.07) is 17.2. The number of nitrogens with zero attached hydrogens (tertiary/aromatic N) is 2. The Hall–Kier alpha value is -2.13. The first-order chi connectivity index (χ1) is 9.38. The highest BCUT2D eigenvalue weighted by Crippen LogP contribution is 2.25. The van der Waals surface area contributed by atoms with E-state index in [0.29, 0.717) is 0 Å². The second kappa shape index (κ2) is 5.24. The number of aromatic nitrogens is 2. The minimum absolute atomic E-state index is 0.256. The molecule has 0 bridgehead atoms. The van der Waals surface area contributed by atoms with Crippen molar-refractivity contribution in [3.8, 4) is 0 Å².